The second-order valence-electron chi connectivity index (χ2n) is 3.10. The minimum Gasteiger partial charge on any atom is -0.496 e. The first kappa shape index (κ1) is 15.2. The highest BCUT2D eigenvalue weighted by molar-refractivity contribution is 7.12. The van der Waals surface area contributed by atoms with Gasteiger partial charge in [0.25, 0.3) is 5.91 Å². The third-order valence-corrected chi connectivity index (χ3v) is 2.86. The SMILES string of the molecule is COc1csc(C(=O)NCCCCN)c1.Cl. The molecule has 0 aliphatic carbocycles. The van der Waals surface area contributed by atoms with Crippen molar-refractivity contribution in [2.75, 3.05) is 20.2 Å². The Morgan fingerprint density at radius 2 is 2.31 bits per heavy atom. The molecule has 0 radical (unpaired) electrons. The van der Waals surface area contributed by atoms with E-state index in [0.717, 1.165) is 18.6 Å². The second-order valence-corrected chi connectivity index (χ2v) is 4.01. The molecule has 0 atom stereocenters. The Kier molecular flexibility index (Phi) is 7.97. The van der Waals surface area contributed by atoms with Crippen LogP contribution in [0.3, 0.4) is 0 Å². The molecule has 0 unspecified atom stereocenters. The highest BCUT2D eigenvalue weighted by atomic mass is 35.5. The molecule has 1 rings (SSSR count). The molecule has 0 aliphatic heterocycles. The predicted octanol–water partition coefficient (Wildman–Crippen LogP) is 1.65. The molecule has 0 spiro atoms. The van der Waals surface area contributed by atoms with Gasteiger partial charge in [-0.1, -0.05) is 0 Å². The fourth-order valence-corrected chi connectivity index (χ4v) is 1.87. The Labute approximate surface area is 106 Å². The second kappa shape index (κ2) is 8.38. The maximum Gasteiger partial charge on any atom is 0.261 e. The van der Waals surface area contributed by atoms with Crippen molar-refractivity contribution in [2.45, 2.75) is 12.8 Å². The number of carbonyl (C=O) groups excluding carboxylic acids is 1. The van der Waals surface area contributed by atoms with Crippen molar-refractivity contribution >= 4 is 29.7 Å². The lowest BCUT2D eigenvalue weighted by molar-refractivity contribution is 0.0957. The van der Waals surface area contributed by atoms with Crippen LogP contribution in [0.15, 0.2) is 11.4 Å². The number of rotatable bonds is 6. The average molecular weight is 265 g/mol. The Morgan fingerprint density at radius 3 is 2.88 bits per heavy atom. The van der Waals surface area contributed by atoms with Crippen molar-refractivity contribution in [3.8, 4) is 5.75 Å². The van der Waals surface area contributed by atoms with Crippen LogP contribution in [0.4, 0.5) is 0 Å². The molecule has 0 aromatic carbocycles. The van der Waals surface area contributed by atoms with E-state index in [4.69, 9.17) is 10.5 Å². The van der Waals surface area contributed by atoms with Gasteiger partial charge in [-0.25, -0.2) is 0 Å². The average Bonchev–Trinajstić information content (AvgIpc) is 2.72. The molecule has 16 heavy (non-hydrogen) atoms. The zero-order valence-electron chi connectivity index (χ0n) is 9.19. The van der Waals surface area contributed by atoms with E-state index in [2.05, 4.69) is 5.32 Å². The number of hydrogen-bond acceptors (Lipinski definition) is 4. The molecule has 6 heteroatoms. The minimum atomic E-state index is -0.0414. The monoisotopic (exact) mass is 264 g/mol. The molecule has 0 aliphatic rings. The number of methoxy groups -OCH3 is 1. The van der Waals surface area contributed by atoms with E-state index in [1.54, 1.807) is 13.2 Å². The maximum absolute atomic E-state index is 11.5. The summed E-state index contributed by atoms with van der Waals surface area (Å²) in [4.78, 5) is 12.2. The smallest absolute Gasteiger partial charge is 0.261 e. The molecule has 3 N–H and O–H groups in total. The third kappa shape index (κ3) is 4.83. The number of nitrogens with two attached hydrogens (primary N) is 1. The number of hydrogen-bond donors (Lipinski definition) is 2. The van der Waals surface area contributed by atoms with E-state index in [9.17, 15) is 4.79 Å². The number of thiophene rings is 1. The van der Waals surface area contributed by atoms with Crippen molar-refractivity contribution in [1.82, 2.24) is 5.32 Å². The largest absolute Gasteiger partial charge is 0.496 e. The highest BCUT2D eigenvalue weighted by Crippen LogP contribution is 2.20. The van der Waals surface area contributed by atoms with Crippen LogP contribution in [0, 0.1) is 0 Å². The number of nitrogens with one attached hydrogen (secondary N) is 1. The Bertz CT molecular complexity index is 318. The molecule has 92 valence electrons. The van der Waals surface area contributed by atoms with Gasteiger partial charge in [0.15, 0.2) is 0 Å². The summed E-state index contributed by atoms with van der Waals surface area (Å²) < 4.78 is 5.00. The zero-order valence-corrected chi connectivity index (χ0v) is 10.8. The van der Waals surface area contributed by atoms with Gasteiger partial charge in [0, 0.05) is 18.0 Å². The first-order chi connectivity index (χ1) is 7.27. The predicted molar refractivity (Wildman–Crippen MR) is 68.7 cm³/mol. The van der Waals surface area contributed by atoms with E-state index >= 15 is 0 Å². The minimum absolute atomic E-state index is 0. The van der Waals surface area contributed by atoms with Gasteiger partial charge in [0.2, 0.25) is 0 Å². The lowest BCUT2D eigenvalue weighted by atomic mass is 10.3. The van der Waals surface area contributed by atoms with Crippen LogP contribution < -0.4 is 15.8 Å². The molecule has 1 amide bonds. The van der Waals surface area contributed by atoms with Crippen LogP contribution in [0.25, 0.3) is 0 Å². The van der Waals surface area contributed by atoms with E-state index in [1.807, 2.05) is 5.38 Å². The van der Waals surface area contributed by atoms with Crippen LogP contribution in [-0.4, -0.2) is 26.1 Å². The quantitative estimate of drug-likeness (QED) is 0.768. The van der Waals surface area contributed by atoms with Gasteiger partial charge in [-0.2, -0.15) is 0 Å². The topological polar surface area (TPSA) is 64.3 Å². The molecule has 1 aromatic rings. The molecule has 1 aromatic heterocycles. The van der Waals surface area contributed by atoms with E-state index in [-0.39, 0.29) is 18.3 Å². The van der Waals surface area contributed by atoms with Gasteiger partial charge >= 0.3 is 0 Å². The normalized spacial score (nSPS) is 9.38. The van der Waals surface area contributed by atoms with Crippen molar-refractivity contribution in [2.24, 2.45) is 5.73 Å². The maximum atomic E-state index is 11.5. The van der Waals surface area contributed by atoms with Crippen LogP contribution in [-0.2, 0) is 0 Å². The number of halogens is 1. The first-order valence-corrected chi connectivity index (χ1v) is 5.76. The Hall–Kier alpha value is -0.780. The summed E-state index contributed by atoms with van der Waals surface area (Å²) in [7, 11) is 1.59. The molecule has 0 saturated heterocycles. The van der Waals surface area contributed by atoms with Crippen LogP contribution in [0.5, 0.6) is 5.75 Å². The summed E-state index contributed by atoms with van der Waals surface area (Å²) in [6.07, 6.45) is 1.86. The fraction of sp³-hybridized carbons (Fsp3) is 0.500. The van der Waals surface area contributed by atoms with Gasteiger partial charge in [-0.05, 0) is 19.4 Å². The Balaban J connectivity index is 0.00000225. The van der Waals surface area contributed by atoms with Crippen LogP contribution >= 0.6 is 23.7 Å². The summed E-state index contributed by atoms with van der Waals surface area (Å²) >= 11 is 1.38. The van der Waals surface area contributed by atoms with Crippen molar-refractivity contribution in [3.63, 3.8) is 0 Å². The molecular formula is C10H17ClN2O2S. The van der Waals surface area contributed by atoms with Gasteiger partial charge in [0.05, 0.1) is 12.0 Å². The van der Waals surface area contributed by atoms with Crippen molar-refractivity contribution < 1.29 is 9.53 Å². The summed E-state index contributed by atoms with van der Waals surface area (Å²) in [6, 6.07) is 1.74. The van der Waals surface area contributed by atoms with Gasteiger partial charge in [-0.15, -0.1) is 23.7 Å². The molecular weight excluding hydrogens is 248 g/mol. The van der Waals surface area contributed by atoms with Gasteiger partial charge in [-0.3, -0.25) is 4.79 Å². The first-order valence-electron chi connectivity index (χ1n) is 4.88. The summed E-state index contributed by atoms with van der Waals surface area (Å²) in [5, 5.41) is 4.65. The van der Waals surface area contributed by atoms with E-state index in [1.165, 1.54) is 11.3 Å². The van der Waals surface area contributed by atoms with E-state index < -0.39 is 0 Å². The van der Waals surface area contributed by atoms with Crippen molar-refractivity contribution in [1.29, 1.82) is 0 Å². The van der Waals surface area contributed by atoms with Crippen LogP contribution in [0.2, 0.25) is 0 Å². The number of ether oxygens (including phenoxy) is 1. The lowest BCUT2D eigenvalue weighted by Gasteiger charge is -2.01. The molecule has 4 nitrogen and oxygen atoms in total. The van der Waals surface area contributed by atoms with Crippen LogP contribution in [0.1, 0.15) is 22.5 Å². The highest BCUT2D eigenvalue weighted by Gasteiger charge is 2.08. The van der Waals surface area contributed by atoms with Gasteiger partial charge in [0.1, 0.15) is 5.75 Å². The molecule has 0 fully saturated rings. The molecule has 0 saturated carbocycles. The number of amides is 1. The van der Waals surface area contributed by atoms with Crippen molar-refractivity contribution in [3.05, 3.63) is 16.3 Å². The summed E-state index contributed by atoms with van der Waals surface area (Å²) in [5.41, 5.74) is 5.35. The third-order valence-electron chi connectivity index (χ3n) is 1.95. The number of carbonyl (C=O) groups is 1. The zero-order chi connectivity index (χ0) is 11.1. The molecule has 0 bridgehead atoms. The van der Waals surface area contributed by atoms with Gasteiger partial charge < -0.3 is 15.8 Å². The standard InChI is InChI=1S/C10H16N2O2S.ClH/c1-14-8-6-9(15-7-8)10(13)12-5-3-2-4-11;/h6-7H,2-5,11H2,1H3,(H,12,13);1H. The summed E-state index contributed by atoms with van der Waals surface area (Å²) in [6.45, 7) is 1.35. The fourth-order valence-electron chi connectivity index (χ4n) is 1.10. The van der Waals surface area contributed by atoms with E-state index in [0.29, 0.717) is 18.0 Å². The molecule has 1 heterocycles. The number of unbranched alkanes of at least 4 members (excludes halogenated alkanes) is 1. The lowest BCUT2D eigenvalue weighted by Crippen LogP contribution is -2.23. The Morgan fingerprint density at radius 1 is 1.56 bits per heavy atom. The summed E-state index contributed by atoms with van der Waals surface area (Å²) in [5.74, 6) is 0.687.